The van der Waals surface area contributed by atoms with Crippen molar-refractivity contribution in [2.24, 2.45) is 50.2 Å². The zero-order valence-corrected chi connectivity index (χ0v) is 23.0. The Hall–Kier alpha value is -0.950. The summed E-state index contributed by atoms with van der Waals surface area (Å²) in [6.45, 7) is 13.1. The van der Waals surface area contributed by atoms with Crippen molar-refractivity contribution in [2.75, 3.05) is 6.61 Å². The van der Waals surface area contributed by atoms with Crippen molar-refractivity contribution in [1.82, 2.24) is 0 Å². The summed E-state index contributed by atoms with van der Waals surface area (Å²) in [4.78, 5) is 12.8. The van der Waals surface area contributed by atoms with E-state index in [1.807, 2.05) is 6.92 Å². The van der Waals surface area contributed by atoms with Crippen molar-refractivity contribution in [3.05, 3.63) is 11.6 Å². The van der Waals surface area contributed by atoms with Crippen LogP contribution >= 0.6 is 0 Å². The summed E-state index contributed by atoms with van der Waals surface area (Å²) in [5.41, 5.74) is -1.44. The van der Waals surface area contributed by atoms with E-state index in [0.717, 1.165) is 32.1 Å². The average Bonchev–Trinajstić information content (AvgIpc) is 2.77. The number of fused-ring (bicyclic) bond motifs is 7. The first kappa shape index (κ1) is 26.6. The van der Waals surface area contributed by atoms with Crippen LogP contribution in [0, 0.1) is 50.2 Å². The molecule has 5 aliphatic rings. The van der Waals surface area contributed by atoms with Gasteiger partial charge in [-0.05, 0) is 90.8 Å². The van der Waals surface area contributed by atoms with Gasteiger partial charge in [0.15, 0.2) is 0 Å². The molecule has 204 valence electrons. The van der Waals surface area contributed by atoms with Gasteiger partial charge in [-0.1, -0.05) is 53.2 Å². The van der Waals surface area contributed by atoms with Gasteiger partial charge >= 0.3 is 5.97 Å². The molecule has 6 nitrogen and oxygen atoms in total. The monoisotopic (exact) mass is 504 g/mol. The highest BCUT2D eigenvalue weighted by molar-refractivity contribution is 5.77. The van der Waals surface area contributed by atoms with Crippen LogP contribution in [0.5, 0.6) is 0 Å². The highest BCUT2D eigenvalue weighted by Crippen LogP contribution is 2.75. The molecule has 6 heteroatoms. The van der Waals surface area contributed by atoms with Crippen LogP contribution in [-0.2, 0) is 4.79 Å². The van der Waals surface area contributed by atoms with Crippen LogP contribution < -0.4 is 0 Å². The van der Waals surface area contributed by atoms with Gasteiger partial charge in [0.05, 0.1) is 24.9 Å². The van der Waals surface area contributed by atoms with Crippen LogP contribution in [0.4, 0.5) is 0 Å². The lowest BCUT2D eigenvalue weighted by Gasteiger charge is -2.72. The topological polar surface area (TPSA) is 118 Å². The van der Waals surface area contributed by atoms with Gasteiger partial charge in [0.2, 0.25) is 0 Å². The molecule has 5 N–H and O–H groups in total. The third kappa shape index (κ3) is 3.02. The van der Waals surface area contributed by atoms with Crippen molar-refractivity contribution in [3.8, 4) is 0 Å². The normalized spacial score (nSPS) is 55.9. The second-order valence-electron chi connectivity index (χ2n) is 15.2. The quantitative estimate of drug-likeness (QED) is 0.361. The van der Waals surface area contributed by atoms with Gasteiger partial charge in [0.1, 0.15) is 5.41 Å². The molecule has 0 aromatic heterocycles. The number of aliphatic hydroxyl groups excluding tert-OH is 4. The number of carboxylic acids is 1. The van der Waals surface area contributed by atoms with Crippen LogP contribution in [0.3, 0.4) is 0 Å². The fraction of sp³-hybridized carbons (Fsp3) is 0.900. The van der Waals surface area contributed by atoms with Crippen LogP contribution in [-0.4, -0.2) is 56.4 Å². The maximum absolute atomic E-state index is 12.8. The maximum Gasteiger partial charge on any atom is 0.312 e. The van der Waals surface area contributed by atoms with E-state index in [0.29, 0.717) is 19.3 Å². The third-order valence-corrected chi connectivity index (χ3v) is 13.2. The lowest BCUT2D eigenvalue weighted by molar-refractivity contribution is -0.248. The Balaban J connectivity index is 1.64. The van der Waals surface area contributed by atoms with E-state index in [1.54, 1.807) is 0 Å². The molecule has 0 saturated heterocycles. The SMILES string of the molecule is CC1(C)CC[C@]2(C(=O)O)C(O)CC3(C)C(=CCC4[C@@]5(C)CC(O)C(O)[C@@](C)(CO)C5CC[C@]43C)C2C1. The number of aliphatic hydroxyl groups is 4. The summed E-state index contributed by atoms with van der Waals surface area (Å²) in [5.74, 6) is -0.765. The summed E-state index contributed by atoms with van der Waals surface area (Å²) in [6, 6.07) is 0. The highest BCUT2D eigenvalue weighted by atomic mass is 16.4. The molecule has 4 saturated carbocycles. The standard InChI is InChI=1S/C30H48O6/c1-25(2)11-12-30(24(35)36)18(13-25)17-7-8-21-26(3)14-19(32)23(34)27(4,16-31)20(26)9-10-28(21,5)29(17,6)15-22(30)33/h7,18-23,31-34H,8-16H2,1-6H3,(H,35,36)/t18?,19?,20?,21?,22?,23?,26-,27-,28+,29?,30+/m0/s1. The number of carboxylic acid groups (broad SMARTS) is 1. The van der Waals surface area contributed by atoms with E-state index < -0.39 is 35.1 Å². The number of hydrogen-bond acceptors (Lipinski definition) is 5. The molecule has 0 spiro atoms. The van der Waals surface area contributed by atoms with Crippen molar-refractivity contribution in [1.29, 1.82) is 0 Å². The number of carbonyl (C=O) groups is 1. The smallest absolute Gasteiger partial charge is 0.312 e. The van der Waals surface area contributed by atoms with E-state index in [-0.39, 0.29) is 46.0 Å². The summed E-state index contributed by atoms with van der Waals surface area (Å²) in [6.07, 6.45) is 5.13. The van der Waals surface area contributed by atoms with Gasteiger partial charge in [-0.15, -0.1) is 0 Å². The lowest BCUT2D eigenvalue weighted by Crippen LogP contribution is -2.69. The summed E-state index contributed by atoms with van der Waals surface area (Å²) in [7, 11) is 0. The van der Waals surface area contributed by atoms with Crippen molar-refractivity contribution in [2.45, 2.75) is 111 Å². The van der Waals surface area contributed by atoms with Gasteiger partial charge in [-0.3, -0.25) is 4.79 Å². The van der Waals surface area contributed by atoms with Crippen LogP contribution in [0.15, 0.2) is 11.6 Å². The van der Waals surface area contributed by atoms with Gasteiger partial charge in [0, 0.05) is 5.41 Å². The summed E-state index contributed by atoms with van der Waals surface area (Å²) >= 11 is 0. The highest BCUT2D eigenvalue weighted by Gasteiger charge is 2.72. The Kier molecular flexibility index (Phi) is 5.77. The number of allylic oxidation sites excluding steroid dienone is 2. The first-order chi connectivity index (χ1) is 16.5. The Morgan fingerprint density at radius 2 is 1.61 bits per heavy atom. The predicted octanol–water partition coefficient (Wildman–Crippen LogP) is 4.15. The largest absolute Gasteiger partial charge is 0.481 e. The van der Waals surface area contributed by atoms with Crippen molar-refractivity contribution in [3.63, 3.8) is 0 Å². The van der Waals surface area contributed by atoms with E-state index >= 15 is 0 Å². The molecule has 0 aromatic carbocycles. The van der Waals surface area contributed by atoms with Gasteiger partial charge in [0.25, 0.3) is 0 Å². The van der Waals surface area contributed by atoms with E-state index in [1.165, 1.54) is 5.57 Å². The van der Waals surface area contributed by atoms with Crippen molar-refractivity contribution >= 4 is 5.97 Å². The molecule has 0 amide bonds. The Bertz CT molecular complexity index is 974. The Morgan fingerprint density at radius 3 is 2.22 bits per heavy atom. The van der Waals surface area contributed by atoms with Gasteiger partial charge in [-0.25, -0.2) is 0 Å². The molecule has 5 rings (SSSR count). The minimum atomic E-state index is -1.12. The van der Waals surface area contributed by atoms with E-state index in [9.17, 15) is 30.3 Å². The first-order valence-electron chi connectivity index (χ1n) is 14.1. The van der Waals surface area contributed by atoms with Gasteiger partial charge < -0.3 is 25.5 Å². The zero-order chi connectivity index (χ0) is 26.7. The Morgan fingerprint density at radius 1 is 0.944 bits per heavy atom. The molecule has 4 fully saturated rings. The average molecular weight is 505 g/mol. The molecule has 0 heterocycles. The fourth-order valence-electron chi connectivity index (χ4n) is 10.9. The lowest BCUT2D eigenvalue weighted by atomic mass is 9.33. The van der Waals surface area contributed by atoms with Gasteiger partial charge in [-0.2, -0.15) is 0 Å². The first-order valence-corrected chi connectivity index (χ1v) is 14.1. The van der Waals surface area contributed by atoms with Crippen LogP contribution in [0.2, 0.25) is 0 Å². The summed E-state index contributed by atoms with van der Waals surface area (Å²) in [5, 5.41) is 54.5. The second kappa shape index (κ2) is 7.80. The predicted molar refractivity (Wildman–Crippen MR) is 137 cm³/mol. The molecular formula is C30H48O6. The van der Waals surface area contributed by atoms with Crippen molar-refractivity contribution < 1.29 is 30.3 Å². The number of aliphatic carboxylic acids is 1. The molecule has 0 aromatic rings. The number of hydrogen-bond donors (Lipinski definition) is 5. The summed E-state index contributed by atoms with van der Waals surface area (Å²) < 4.78 is 0. The molecule has 36 heavy (non-hydrogen) atoms. The fourth-order valence-corrected chi connectivity index (χ4v) is 10.9. The van der Waals surface area contributed by atoms with E-state index in [2.05, 4.69) is 40.7 Å². The molecule has 0 radical (unpaired) electrons. The van der Waals surface area contributed by atoms with Crippen LogP contribution in [0.1, 0.15) is 92.9 Å². The molecule has 7 unspecified atom stereocenters. The number of rotatable bonds is 2. The third-order valence-electron chi connectivity index (χ3n) is 13.2. The Labute approximate surface area is 216 Å². The van der Waals surface area contributed by atoms with Crippen LogP contribution in [0.25, 0.3) is 0 Å². The minimum absolute atomic E-state index is 0.0242. The molecule has 0 bridgehead atoms. The molecular weight excluding hydrogens is 456 g/mol. The maximum atomic E-state index is 12.8. The zero-order valence-electron chi connectivity index (χ0n) is 23.0. The minimum Gasteiger partial charge on any atom is -0.481 e. The second-order valence-corrected chi connectivity index (χ2v) is 15.2. The van der Waals surface area contributed by atoms with E-state index in [4.69, 9.17) is 0 Å². The molecule has 11 atom stereocenters. The molecule has 5 aliphatic carbocycles. The molecule has 0 aliphatic heterocycles.